The molecular weight excluding hydrogens is 316 g/mol. The van der Waals surface area contributed by atoms with Crippen molar-refractivity contribution in [2.75, 3.05) is 26.7 Å². The van der Waals surface area contributed by atoms with Gasteiger partial charge in [0.15, 0.2) is 0 Å². The van der Waals surface area contributed by atoms with E-state index in [1.807, 2.05) is 19.1 Å². The second-order valence-corrected chi connectivity index (χ2v) is 7.81. The highest BCUT2D eigenvalue weighted by atomic mass is 32.2. The molecule has 6 nitrogen and oxygen atoms in total. The van der Waals surface area contributed by atoms with Gasteiger partial charge in [0.25, 0.3) is 0 Å². The van der Waals surface area contributed by atoms with Crippen molar-refractivity contribution in [2.24, 2.45) is 0 Å². The van der Waals surface area contributed by atoms with Crippen LogP contribution in [-0.4, -0.2) is 61.4 Å². The van der Waals surface area contributed by atoms with E-state index in [-0.39, 0.29) is 12.6 Å². The summed E-state index contributed by atoms with van der Waals surface area (Å²) in [5.74, 6) is -0.862. The molecule has 0 amide bonds. The maximum atomic E-state index is 12.8. The van der Waals surface area contributed by atoms with E-state index in [1.165, 1.54) is 4.31 Å². The Bertz CT molecular complexity index is 652. The van der Waals surface area contributed by atoms with Gasteiger partial charge in [-0.3, -0.25) is 9.69 Å². The van der Waals surface area contributed by atoms with Crippen molar-refractivity contribution in [1.29, 1.82) is 0 Å². The van der Waals surface area contributed by atoms with Gasteiger partial charge in [-0.05, 0) is 37.9 Å². The number of benzene rings is 1. The van der Waals surface area contributed by atoms with Crippen LogP contribution < -0.4 is 0 Å². The number of sulfonamides is 1. The van der Waals surface area contributed by atoms with Gasteiger partial charge >= 0.3 is 5.97 Å². The van der Waals surface area contributed by atoms with Gasteiger partial charge < -0.3 is 5.11 Å². The smallest absolute Gasteiger partial charge is 0.317 e. The molecular formula is C16H24N2O4S. The third-order valence-corrected chi connectivity index (χ3v) is 6.40. The van der Waals surface area contributed by atoms with Crippen LogP contribution in [0.4, 0.5) is 0 Å². The van der Waals surface area contributed by atoms with Gasteiger partial charge in [-0.1, -0.05) is 25.1 Å². The van der Waals surface area contributed by atoms with E-state index in [0.29, 0.717) is 37.2 Å². The number of carbonyl (C=O) groups is 1. The van der Waals surface area contributed by atoms with Crippen LogP contribution in [0.25, 0.3) is 0 Å². The summed E-state index contributed by atoms with van der Waals surface area (Å²) in [6.07, 6.45) is 1.97. The number of carboxylic acid groups (broad SMARTS) is 1. The third-order valence-electron chi connectivity index (χ3n) is 4.40. The standard InChI is InChI=1S/C16H24N2O4S/c1-3-13-6-4-5-7-15(13)23(21,22)18-10-8-14(9-11-18)17(2)12-16(19)20/h4-7,14H,3,8-12H2,1-2H3,(H,19,20). The van der Waals surface area contributed by atoms with Crippen molar-refractivity contribution >= 4 is 16.0 Å². The molecule has 0 aromatic heterocycles. The van der Waals surface area contributed by atoms with E-state index in [4.69, 9.17) is 5.11 Å². The summed E-state index contributed by atoms with van der Waals surface area (Å²) in [5, 5.41) is 8.85. The molecule has 0 radical (unpaired) electrons. The molecule has 0 spiro atoms. The first-order chi connectivity index (χ1) is 10.9. The fraction of sp³-hybridized carbons (Fsp3) is 0.562. The molecule has 1 aliphatic heterocycles. The molecule has 1 aromatic carbocycles. The number of hydrogen-bond acceptors (Lipinski definition) is 4. The number of piperidine rings is 1. The van der Waals surface area contributed by atoms with E-state index in [1.54, 1.807) is 24.1 Å². The summed E-state index contributed by atoms with van der Waals surface area (Å²) in [6.45, 7) is 2.78. The quantitative estimate of drug-likeness (QED) is 0.847. The Morgan fingerprint density at radius 3 is 2.48 bits per heavy atom. The molecule has 23 heavy (non-hydrogen) atoms. The predicted molar refractivity (Wildman–Crippen MR) is 87.9 cm³/mol. The average Bonchev–Trinajstić information content (AvgIpc) is 2.54. The number of aliphatic carboxylic acids is 1. The van der Waals surface area contributed by atoms with Crippen LogP contribution in [-0.2, 0) is 21.2 Å². The summed E-state index contributed by atoms with van der Waals surface area (Å²) >= 11 is 0. The molecule has 1 aromatic rings. The van der Waals surface area contributed by atoms with Crippen LogP contribution in [0.3, 0.4) is 0 Å². The molecule has 1 aliphatic rings. The van der Waals surface area contributed by atoms with Crippen LogP contribution in [0, 0.1) is 0 Å². The van der Waals surface area contributed by atoms with Crippen molar-refractivity contribution in [3.8, 4) is 0 Å². The molecule has 7 heteroatoms. The first kappa shape index (κ1) is 17.9. The lowest BCUT2D eigenvalue weighted by Crippen LogP contribution is -2.46. The fourth-order valence-corrected chi connectivity index (χ4v) is 4.82. The average molecular weight is 340 g/mol. The van der Waals surface area contributed by atoms with Crippen LogP contribution in [0.1, 0.15) is 25.3 Å². The zero-order valence-electron chi connectivity index (χ0n) is 13.6. The monoisotopic (exact) mass is 340 g/mol. The van der Waals surface area contributed by atoms with Gasteiger partial charge in [0.2, 0.25) is 10.0 Å². The maximum absolute atomic E-state index is 12.8. The molecule has 1 fully saturated rings. The predicted octanol–water partition coefficient (Wildman–Crippen LogP) is 1.42. The number of nitrogens with zero attached hydrogens (tertiary/aromatic N) is 2. The Morgan fingerprint density at radius 1 is 1.30 bits per heavy atom. The van der Waals surface area contributed by atoms with Crippen molar-refractivity contribution in [3.63, 3.8) is 0 Å². The molecule has 0 unspecified atom stereocenters. The SMILES string of the molecule is CCc1ccccc1S(=O)(=O)N1CCC(N(C)CC(=O)O)CC1. The lowest BCUT2D eigenvalue weighted by Gasteiger charge is -2.35. The van der Waals surface area contributed by atoms with Crippen LogP contribution in [0.2, 0.25) is 0 Å². The molecule has 0 bridgehead atoms. The summed E-state index contributed by atoms with van der Waals surface area (Å²) in [5.41, 5.74) is 0.831. The highest BCUT2D eigenvalue weighted by Gasteiger charge is 2.32. The maximum Gasteiger partial charge on any atom is 0.317 e. The van der Waals surface area contributed by atoms with E-state index in [9.17, 15) is 13.2 Å². The molecule has 128 valence electrons. The third kappa shape index (κ3) is 4.10. The van der Waals surface area contributed by atoms with Gasteiger partial charge in [0.1, 0.15) is 0 Å². The minimum absolute atomic E-state index is 0.0178. The lowest BCUT2D eigenvalue weighted by molar-refractivity contribution is -0.138. The summed E-state index contributed by atoms with van der Waals surface area (Å²) in [7, 11) is -1.71. The normalized spacial score (nSPS) is 17.5. The largest absolute Gasteiger partial charge is 0.480 e. The van der Waals surface area contributed by atoms with Crippen molar-refractivity contribution < 1.29 is 18.3 Å². The number of likely N-dealkylation sites (N-methyl/N-ethyl adjacent to an activating group) is 1. The first-order valence-electron chi connectivity index (χ1n) is 7.86. The zero-order chi connectivity index (χ0) is 17.0. The number of rotatable bonds is 6. The number of aryl methyl sites for hydroxylation is 1. The van der Waals surface area contributed by atoms with E-state index >= 15 is 0 Å². The number of hydrogen-bond donors (Lipinski definition) is 1. The van der Waals surface area contributed by atoms with Crippen molar-refractivity contribution in [1.82, 2.24) is 9.21 Å². The topological polar surface area (TPSA) is 77.9 Å². The summed E-state index contributed by atoms with van der Waals surface area (Å²) in [6, 6.07) is 7.22. The molecule has 0 aliphatic carbocycles. The van der Waals surface area contributed by atoms with E-state index in [0.717, 1.165) is 5.56 Å². The lowest BCUT2D eigenvalue weighted by atomic mass is 10.1. The van der Waals surface area contributed by atoms with Gasteiger partial charge in [-0.25, -0.2) is 8.42 Å². The number of carboxylic acids is 1. The minimum Gasteiger partial charge on any atom is -0.480 e. The van der Waals surface area contributed by atoms with Crippen LogP contribution >= 0.6 is 0 Å². The summed E-state index contributed by atoms with van der Waals surface area (Å²) < 4.78 is 27.2. The van der Waals surface area contributed by atoms with Gasteiger partial charge in [-0.15, -0.1) is 0 Å². The Morgan fingerprint density at radius 2 is 1.91 bits per heavy atom. The molecule has 1 saturated heterocycles. The minimum atomic E-state index is -3.48. The van der Waals surface area contributed by atoms with Gasteiger partial charge in [0.05, 0.1) is 11.4 Å². The zero-order valence-corrected chi connectivity index (χ0v) is 14.4. The van der Waals surface area contributed by atoms with Crippen molar-refractivity contribution in [3.05, 3.63) is 29.8 Å². The molecule has 1 heterocycles. The Hall–Kier alpha value is -1.44. The van der Waals surface area contributed by atoms with Gasteiger partial charge in [-0.2, -0.15) is 4.31 Å². The molecule has 0 atom stereocenters. The highest BCUT2D eigenvalue weighted by Crippen LogP contribution is 2.25. The molecule has 1 N–H and O–H groups in total. The summed E-state index contributed by atoms with van der Waals surface area (Å²) in [4.78, 5) is 13.0. The van der Waals surface area contributed by atoms with Crippen LogP contribution in [0.5, 0.6) is 0 Å². The van der Waals surface area contributed by atoms with E-state index in [2.05, 4.69) is 0 Å². The second kappa shape index (κ2) is 7.42. The fourth-order valence-electron chi connectivity index (χ4n) is 3.05. The van der Waals surface area contributed by atoms with Gasteiger partial charge in [0, 0.05) is 19.1 Å². The van der Waals surface area contributed by atoms with E-state index < -0.39 is 16.0 Å². The highest BCUT2D eigenvalue weighted by molar-refractivity contribution is 7.89. The Labute approximate surface area is 137 Å². The Kier molecular flexibility index (Phi) is 5.78. The molecule has 0 saturated carbocycles. The Balaban J connectivity index is 2.08. The van der Waals surface area contributed by atoms with Crippen LogP contribution in [0.15, 0.2) is 29.2 Å². The molecule has 2 rings (SSSR count). The first-order valence-corrected chi connectivity index (χ1v) is 9.30. The van der Waals surface area contributed by atoms with Crippen molar-refractivity contribution in [2.45, 2.75) is 37.1 Å². The second-order valence-electron chi connectivity index (χ2n) is 5.91.